The molecule has 0 atom stereocenters. The lowest BCUT2D eigenvalue weighted by Crippen LogP contribution is -2.13. The third-order valence-electron chi connectivity index (χ3n) is 3.63. The van der Waals surface area contributed by atoms with Crippen molar-refractivity contribution in [1.29, 1.82) is 0 Å². The third kappa shape index (κ3) is 2.11. The standard InChI is InChI=1S/C15H20N4/c1-10(2)14-17-15(19(3)18-14)12-6-4-8-13-11(12)7-5-9-16-13/h4,6,8,10,16H,5,7,9H2,1-3H3. The lowest BCUT2D eigenvalue weighted by Gasteiger charge is -2.20. The largest absolute Gasteiger partial charge is 0.385 e. The first-order chi connectivity index (χ1) is 9.16. The van der Waals surface area contributed by atoms with E-state index in [2.05, 4.69) is 42.5 Å². The Balaban J connectivity index is 2.12. The first kappa shape index (κ1) is 12.2. The number of aryl methyl sites for hydroxylation is 1. The minimum Gasteiger partial charge on any atom is -0.385 e. The first-order valence-corrected chi connectivity index (χ1v) is 6.94. The molecule has 0 saturated heterocycles. The van der Waals surface area contributed by atoms with E-state index in [1.165, 1.54) is 23.2 Å². The fourth-order valence-electron chi connectivity index (χ4n) is 2.60. The van der Waals surface area contributed by atoms with Gasteiger partial charge in [-0.25, -0.2) is 9.67 Å². The van der Waals surface area contributed by atoms with Crippen molar-refractivity contribution in [3.63, 3.8) is 0 Å². The first-order valence-electron chi connectivity index (χ1n) is 6.94. The van der Waals surface area contributed by atoms with Crippen LogP contribution in [0.2, 0.25) is 0 Å². The quantitative estimate of drug-likeness (QED) is 0.898. The predicted octanol–water partition coefficient (Wildman–Crippen LogP) is 2.96. The average molecular weight is 256 g/mol. The van der Waals surface area contributed by atoms with Gasteiger partial charge in [-0.15, -0.1) is 0 Å². The Kier molecular flexibility index (Phi) is 3.01. The van der Waals surface area contributed by atoms with Crippen molar-refractivity contribution >= 4 is 5.69 Å². The minimum absolute atomic E-state index is 0.359. The summed E-state index contributed by atoms with van der Waals surface area (Å²) in [4.78, 5) is 4.71. The molecule has 2 heterocycles. The number of anilines is 1. The molecule has 0 bridgehead atoms. The average Bonchev–Trinajstić information content (AvgIpc) is 2.80. The number of rotatable bonds is 2. The van der Waals surface area contributed by atoms with E-state index >= 15 is 0 Å². The van der Waals surface area contributed by atoms with Crippen LogP contribution in [0.3, 0.4) is 0 Å². The van der Waals surface area contributed by atoms with Crippen molar-refractivity contribution in [2.75, 3.05) is 11.9 Å². The van der Waals surface area contributed by atoms with E-state index in [0.29, 0.717) is 5.92 Å². The van der Waals surface area contributed by atoms with Crippen molar-refractivity contribution in [2.24, 2.45) is 7.05 Å². The Labute approximate surface area is 113 Å². The molecule has 0 aliphatic carbocycles. The molecule has 1 aromatic heterocycles. The molecule has 1 N–H and O–H groups in total. The number of aromatic nitrogens is 3. The fourth-order valence-corrected chi connectivity index (χ4v) is 2.60. The smallest absolute Gasteiger partial charge is 0.158 e. The second-order valence-corrected chi connectivity index (χ2v) is 5.43. The summed E-state index contributed by atoms with van der Waals surface area (Å²) in [5, 5.41) is 7.98. The maximum Gasteiger partial charge on any atom is 0.158 e. The summed E-state index contributed by atoms with van der Waals surface area (Å²) in [5.74, 6) is 2.25. The highest BCUT2D eigenvalue weighted by atomic mass is 15.3. The predicted molar refractivity (Wildman–Crippen MR) is 77.3 cm³/mol. The Morgan fingerprint density at radius 1 is 1.32 bits per heavy atom. The van der Waals surface area contributed by atoms with Crippen LogP contribution in [0.5, 0.6) is 0 Å². The molecule has 4 nitrogen and oxygen atoms in total. The van der Waals surface area contributed by atoms with Crippen LogP contribution in [-0.4, -0.2) is 21.3 Å². The highest BCUT2D eigenvalue weighted by Crippen LogP contribution is 2.31. The molecule has 3 rings (SSSR count). The van der Waals surface area contributed by atoms with Crippen LogP contribution in [0.25, 0.3) is 11.4 Å². The van der Waals surface area contributed by atoms with E-state index in [4.69, 9.17) is 4.98 Å². The van der Waals surface area contributed by atoms with Crippen molar-refractivity contribution < 1.29 is 0 Å². The summed E-state index contributed by atoms with van der Waals surface area (Å²) >= 11 is 0. The number of hydrogen-bond donors (Lipinski definition) is 1. The highest BCUT2D eigenvalue weighted by Gasteiger charge is 2.18. The number of benzene rings is 1. The molecular formula is C15H20N4. The van der Waals surface area contributed by atoms with Gasteiger partial charge in [-0.1, -0.05) is 26.0 Å². The van der Waals surface area contributed by atoms with Gasteiger partial charge in [0.25, 0.3) is 0 Å². The van der Waals surface area contributed by atoms with Gasteiger partial charge >= 0.3 is 0 Å². The summed E-state index contributed by atoms with van der Waals surface area (Å²) in [7, 11) is 1.98. The number of fused-ring (bicyclic) bond motifs is 1. The van der Waals surface area contributed by atoms with Crippen molar-refractivity contribution in [3.8, 4) is 11.4 Å². The van der Waals surface area contributed by atoms with Gasteiger partial charge in [-0.05, 0) is 24.5 Å². The Morgan fingerprint density at radius 3 is 2.89 bits per heavy atom. The van der Waals surface area contributed by atoms with E-state index in [9.17, 15) is 0 Å². The van der Waals surface area contributed by atoms with Gasteiger partial charge in [0.2, 0.25) is 0 Å². The van der Waals surface area contributed by atoms with Gasteiger partial charge in [0, 0.05) is 30.8 Å². The minimum atomic E-state index is 0.359. The zero-order chi connectivity index (χ0) is 13.4. The van der Waals surface area contributed by atoms with E-state index in [0.717, 1.165) is 24.6 Å². The van der Waals surface area contributed by atoms with Gasteiger partial charge in [-0.3, -0.25) is 0 Å². The molecule has 0 radical (unpaired) electrons. The topological polar surface area (TPSA) is 42.7 Å². The molecular weight excluding hydrogens is 236 g/mol. The summed E-state index contributed by atoms with van der Waals surface area (Å²) in [6.07, 6.45) is 2.29. The molecule has 1 aromatic carbocycles. The molecule has 0 fully saturated rings. The maximum absolute atomic E-state index is 4.71. The van der Waals surface area contributed by atoms with Crippen LogP contribution in [0.1, 0.15) is 37.6 Å². The molecule has 19 heavy (non-hydrogen) atoms. The van der Waals surface area contributed by atoms with E-state index in [1.54, 1.807) is 0 Å². The summed E-state index contributed by atoms with van der Waals surface area (Å²) in [6.45, 7) is 5.31. The lowest BCUT2D eigenvalue weighted by molar-refractivity contribution is 0.711. The van der Waals surface area contributed by atoms with Crippen LogP contribution in [0.4, 0.5) is 5.69 Å². The molecule has 0 amide bonds. The molecule has 2 aromatic rings. The zero-order valence-electron chi connectivity index (χ0n) is 11.8. The summed E-state index contributed by atoms with van der Waals surface area (Å²) < 4.78 is 1.90. The van der Waals surface area contributed by atoms with E-state index < -0.39 is 0 Å². The van der Waals surface area contributed by atoms with Crippen LogP contribution in [0, 0.1) is 0 Å². The van der Waals surface area contributed by atoms with E-state index in [-0.39, 0.29) is 0 Å². The molecule has 0 saturated carbocycles. The normalized spacial score (nSPS) is 14.3. The number of nitrogens with one attached hydrogen (secondary N) is 1. The second kappa shape index (κ2) is 4.68. The van der Waals surface area contributed by atoms with Crippen molar-refractivity contribution in [2.45, 2.75) is 32.6 Å². The van der Waals surface area contributed by atoms with Gasteiger partial charge < -0.3 is 5.32 Å². The molecule has 0 spiro atoms. The zero-order valence-corrected chi connectivity index (χ0v) is 11.8. The summed E-state index contributed by atoms with van der Waals surface area (Å²) in [5.41, 5.74) is 3.84. The molecule has 100 valence electrons. The number of hydrogen-bond acceptors (Lipinski definition) is 3. The van der Waals surface area contributed by atoms with Gasteiger partial charge in [0.15, 0.2) is 11.6 Å². The van der Waals surface area contributed by atoms with Crippen molar-refractivity contribution in [3.05, 3.63) is 29.6 Å². The second-order valence-electron chi connectivity index (χ2n) is 5.43. The van der Waals surface area contributed by atoms with Crippen LogP contribution in [0.15, 0.2) is 18.2 Å². The molecule has 1 aliphatic rings. The highest BCUT2D eigenvalue weighted by molar-refractivity contribution is 5.70. The SMILES string of the molecule is CC(C)c1nc(-c2cccc3c2CCCN3)n(C)n1. The van der Waals surface area contributed by atoms with Crippen LogP contribution >= 0.6 is 0 Å². The molecule has 4 heteroatoms. The fraction of sp³-hybridized carbons (Fsp3) is 0.467. The third-order valence-corrected chi connectivity index (χ3v) is 3.63. The van der Waals surface area contributed by atoms with E-state index in [1.807, 2.05) is 11.7 Å². The van der Waals surface area contributed by atoms with Crippen LogP contribution in [-0.2, 0) is 13.5 Å². The number of nitrogens with zero attached hydrogens (tertiary/aromatic N) is 3. The Bertz CT molecular complexity index is 598. The summed E-state index contributed by atoms with van der Waals surface area (Å²) in [6, 6.07) is 6.40. The monoisotopic (exact) mass is 256 g/mol. The molecule has 1 aliphatic heterocycles. The van der Waals surface area contributed by atoms with Gasteiger partial charge in [-0.2, -0.15) is 5.10 Å². The van der Waals surface area contributed by atoms with Crippen LogP contribution < -0.4 is 5.32 Å². The Hall–Kier alpha value is -1.84. The maximum atomic E-state index is 4.71. The lowest BCUT2D eigenvalue weighted by atomic mass is 9.97. The molecule has 0 unspecified atom stereocenters. The van der Waals surface area contributed by atoms with Gasteiger partial charge in [0.1, 0.15) is 0 Å². The van der Waals surface area contributed by atoms with Crippen molar-refractivity contribution in [1.82, 2.24) is 14.8 Å². The van der Waals surface area contributed by atoms with Gasteiger partial charge in [0.05, 0.1) is 0 Å². The Morgan fingerprint density at radius 2 is 2.16 bits per heavy atom.